The van der Waals surface area contributed by atoms with Crippen molar-refractivity contribution in [2.24, 2.45) is 0 Å². The van der Waals surface area contributed by atoms with Gasteiger partial charge in [0.1, 0.15) is 5.82 Å². The first-order valence-electron chi connectivity index (χ1n) is 8.25. The van der Waals surface area contributed by atoms with Crippen LogP contribution in [0.5, 0.6) is 0 Å². The Balaban J connectivity index is 1.97. The summed E-state index contributed by atoms with van der Waals surface area (Å²) in [5.74, 6) is -1.22. The van der Waals surface area contributed by atoms with E-state index in [-0.39, 0.29) is 5.82 Å². The predicted molar refractivity (Wildman–Crippen MR) is 95.9 cm³/mol. The number of allylic oxidation sites excluding steroid dienone is 1. The molecule has 0 bridgehead atoms. The molecule has 1 heterocycles. The second-order valence-electron chi connectivity index (χ2n) is 6.21. The Hall–Kier alpha value is -3.01. The molecule has 0 atom stereocenters. The number of aromatic carboxylic acids is 1. The van der Waals surface area contributed by atoms with E-state index in [1.165, 1.54) is 12.1 Å². The molecule has 124 valence electrons. The largest absolute Gasteiger partial charge is 0.478 e. The summed E-state index contributed by atoms with van der Waals surface area (Å²) in [6, 6.07) is 13.7. The van der Waals surface area contributed by atoms with E-state index in [0.29, 0.717) is 22.9 Å². The lowest BCUT2D eigenvalue weighted by Crippen LogP contribution is -2.13. The monoisotopic (exact) mass is 333 g/mol. The number of halogens is 1. The Morgan fingerprint density at radius 1 is 1.12 bits per heavy atom. The third kappa shape index (κ3) is 2.80. The van der Waals surface area contributed by atoms with Gasteiger partial charge in [-0.15, -0.1) is 0 Å². The zero-order chi connectivity index (χ0) is 17.4. The maximum atomic E-state index is 13.5. The van der Waals surface area contributed by atoms with E-state index in [4.69, 9.17) is 4.98 Å². The zero-order valence-electron chi connectivity index (χ0n) is 13.5. The molecule has 3 aromatic rings. The smallest absolute Gasteiger partial charge is 0.336 e. The molecule has 1 aliphatic carbocycles. The fourth-order valence-electron chi connectivity index (χ4n) is 3.52. The molecule has 0 unspecified atom stereocenters. The maximum absolute atomic E-state index is 13.5. The number of fused-ring (bicyclic) bond motifs is 2. The van der Waals surface area contributed by atoms with Crippen molar-refractivity contribution >= 4 is 28.5 Å². The molecule has 0 saturated carbocycles. The Bertz CT molecular complexity index is 1020. The highest BCUT2D eigenvalue weighted by Gasteiger charge is 2.24. The van der Waals surface area contributed by atoms with Gasteiger partial charge < -0.3 is 5.11 Å². The van der Waals surface area contributed by atoms with Crippen LogP contribution in [0.1, 0.15) is 40.0 Å². The van der Waals surface area contributed by atoms with Gasteiger partial charge in [-0.3, -0.25) is 0 Å². The van der Waals surface area contributed by atoms with Crippen LogP contribution in [0.3, 0.4) is 0 Å². The highest BCUT2D eigenvalue weighted by Crippen LogP contribution is 2.36. The number of benzene rings is 2. The summed E-state index contributed by atoms with van der Waals surface area (Å²) in [5, 5.41) is 10.4. The minimum absolute atomic E-state index is 0.289. The van der Waals surface area contributed by atoms with Gasteiger partial charge in [0, 0.05) is 5.39 Å². The van der Waals surface area contributed by atoms with Crippen LogP contribution in [0.4, 0.5) is 4.39 Å². The van der Waals surface area contributed by atoms with E-state index in [1.807, 2.05) is 30.3 Å². The molecule has 2 aromatic carbocycles. The first-order chi connectivity index (χ1) is 12.1. The van der Waals surface area contributed by atoms with Crippen LogP contribution in [0, 0.1) is 5.82 Å². The van der Waals surface area contributed by atoms with Crippen LogP contribution in [0.2, 0.25) is 0 Å². The van der Waals surface area contributed by atoms with Crippen molar-refractivity contribution in [3.63, 3.8) is 0 Å². The van der Waals surface area contributed by atoms with Crippen molar-refractivity contribution < 1.29 is 14.3 Å². The van der Waals surface area contributed by atoms with Crippen LogP contribution in [0.25, 0.3) is 22.6 Å². The van der Waals surface area contributed by atoms with Gasteiger partial charge in [-0.05, 0) is 60.2 Å². The molecular formula is C21H16FNO2. The van der Waals surface area contributed by atoms with Crippen LogP contribution in [-0.2, 0) is 6.42 Å². The molecule has 1 aromatic heterocycles. The van der Waals surface area contributed by atoms with E-state index in [1.54, 1.807) is 12.1 Å². The Kier molecular flexibility index (Phi) is 3.80. The quantitative estimate of drug-likeness (QED) is 0.722. The molecule has 1 aliphatic rings. The van der Waals surface area contributed by atoms with Gasteiger partial charge in [-0.2, -0.15) is 0 Å². The topological polar surface area (TPSA) is 50.2 Å². The highest BCUT2D eigenvalue weighted by atomic mass is 19.1. The van der Waals surface area contributed by atoms with Crippen LogP contribution >= 0.6 is 0 Å². The second-order valence-corrected chi connectivity index (χ2v) is 6.21. The number of para-hydroxylation sites is 1. The zero-order valence-corrected chi connectivity index (χ0v) is 13.5. The molecule has 0 radical (unpaired) electrons. The van der Waals surface area contributed by atoms with E-state index in [0.717, 1.165) is 35.2 Å². The third-order valence-corrected chi connectivity index (χ3v) is 4.57. The lowest BCUT2D eigenvalue weighted by Gasteiger charge is -2.21. The van der Waals surface area contributed by atoms with Gasteiger partial charge in [0.25, 0.3) is 0 Å². The number of carboxylic acids is 1. The van der Waals surface area contributed by atoms with Gasteiger partial charge in [0.15, 0.2) is 0 Å². The van der Waals surface area contributed by atoms with Crippen LogP contribution in [-0.4, -0.2) is 16.1 Å². The number of carbonyl (C=O) groups is 1. The average Bonchev–Trinajstić information content (AvgIpc) is 2.60. The van der Waals surface area contributed by atoms with E-state index >= 15 is 0 Å². The number of hydrogen-bond acceptors (Lipinski definition) is 2. The molecule has 0 saturated heterocycles. The maximum Gasteiger partial charge on any atom is 0.336 e. The molecule has 3 nitrogen and oxygen atoms in total. The number of hydrogen-bond donors (Lipinski definition) is 1. The lowest BCUT2D eigenvalue weighted by molar-refractivity contribution is 0.0697. The molecule has 0 fully saturated rings. The molecule has 0 amide bonds. The summed E-state index contributed by atoms with van der Waals surface area (Å²) in [6.07, 6.45) is 4.26. The number of carboxylic acid groups (broad SMARTS) is 1. The molecule has 4 heteroatoms. The third-order valence-electron chi connectivity index (χ3n) is 4.57. The lowest BCUT2D eigenvalue weighted by atomic mass is 9.86. The van der Waals surface area contributed by atoms with Crippen molar-refractivity contribution in [3.8, 4) is 0 Å². The number of aromatic nitrogens is 1. The predicted octanol–water partition coefficient (Wildman–Crippen LogP) is 4.95. The summed E-state index contributed by atoms with van der Waals surface area (Å²) in [4.78, 5) is 16.6. The molecule has 1 N–H and O–H groups in total. The van der Waals surface area contributed by atoms with Crippen LogP contribution in [0.15, 0.2) is 48.5 Å². The van der Waals surface area contributed by atoms with Gasteiger partial charge >= 0.3 is 5.97 Å². The minimum atomic E-state index is -0.929. The second kappa shape index (κ2) is 6.13. The van der Waals surface area contributed by atoms with E-state index < -0.39 is 5.97 Å². The first kappa shape index (κ1) is 15.5. The number of pyridine rings is 1. The molecule has 0 spiro atoms. The first-order valence-corrected chi connectivity index (χ1v) is 8.25. The van der Waals surface area contributed by atoms with Gasteiger partial charge in [0.2, 0.25) is 0 Å². The molecule has 4 rings (SSSR count). The summed E-state index contributed by atoms with van der Waals surface area (Å²) < 4.78 is 13.5. The number of nitrogens with zero attached hydrogens (tertiary/aromatic N) is 1. The number of rotatable bonds is 2. The Labute approximate surface area is 144 Å². The van der Waals surface area contributed by atoms with Crippen LogP contribution < -0.4 is 0 Å². The van der Waals surface area contributed by atoms with Crippen molar-refractivity contribution in [1.82, 2.24) is 4.98 Å². The fraction of sp³-hybridized carbons (Fsp3) is 0.143. The molecular weight excluding hydrogens is 317 g/mol. The van der Waals surface area contributed by atoms with E-state index in [2.05, 4.69) is 0 Å². The van der Waals surface area contributed by atoms with Gasteiger partial charge in [-0.25, -0.2) is 14.2 Å². The summed E-state index contributed by atoms with van der Waals surface area (Å²) in [6.45, 7) is 0. The van der Waals surface area contributed by atoms with Gasteiger partial charge in [-0.1, -0.05) is 30.3 Å². The highest BCUT2D eigenvalue weighted by molar-refractivity contribution is 6.05. The minimum Gasteiger partial charge on any atom is -0.478 e. The summed E-state index contributed by atoms with van der Waals surface area (Å²) in [7, 11) is 0. The molecule has 25 heavy (non-hydrogen) atoms. The Morgan fingerprint density at radius 2 is 1.96 bits per heavy atom. The van der Waals surface area contributed by atoms with Crippen molar-refractivity contribution in [3.05, 3.63) is 76.7 Å². The fourth-order valence-corrected chi connectivity index (χ4v) is 3.52. The van der Waals surface area contributed by atoms with E-state index in [9.17, 15) is 14.3 Å². The SMILES string of the molecule is O=C(O)c1c2c(nc3ccccc13)/C(=C/c1cccc(F)c1)CCC2. The standard InChI is InChI=1S/C21H16FNO2/c22-15-7-3-5-13(12-15)11-14-6-4-9-17-19(21(24)25)16-8-1-2-10-18(16)23-20(14)17/h1-3,5,7-8,10-12H,4,6,9H2,(H,24,25)/b14-11+. The van der Waals surface area contributed by atoms with Crippen molar-refractivity contribution in [2.75, 3.05) is 0 Å². The molecule has 0 aliphatic heterocycles. The van der Waals surface area contributed by atoms with Crippen molar-refractivity contribution in [2.45, 2.75) is 19.3 Å². The summed E-state index contributed by atoms with van der Waals surface area (Å²) in [5.41, 5.74) is 4.23. The normalized spacial score (nSPS) is 15.3. The Morgan fingerprint density at radius 3 is 2.76 bits per heavy atom. The van der Waals surface area contributed by atoms with Gasteiger partial charge in [0.05, 0.1) is 16.8 Å². The van der Waals surface area contributed by atoms with Crippen molar-refractivity contribution in [1.29, 1.82) is 0 Å². The average molecular weight is 333 g/mol. The summed E-state index contributed by atoms with van der Waals surface area (Å²) >= 11 is 0.